The van der Waals surface area contributed by atoms with Crippen LogP contribution in [0.4, 0.5) is 0 Å². The molecular weight excluding hydrogens is 373 g/mol. The minimum absolute atomic E-state index is 0.145. The van der Waals surface area contributed by atoms with E-state index in [1.54, 1.807) is 16.4 Å². The molecule has 0 amide bonds. The van der Waals surface area contributed by atoms with E-state index in [0.29, 0.717) is 17.1 Å². The molecule has 5 rings (SSSR count). The van der Waals surface area contributed by atoms with Gasteiger partial charge in [0.05, 0.1) is 4.90 Å². The summed E-state index contributed by atoms with van der Waals surface area (Å²) >= 11 is 0. The zero-order valence-electron chi connectivity index (χ0n) is 15.2. The minimum Gasteiger partial charge on any atom is -0.207 e. The minimum atomic E-state index is -3.39. The first-order valence-electron chi connectivity index (χ1n) is 9.37. The van der Waals surface area contributed by atoms with Gasteiger partial charge in [-0.15, -0.1) is 0 Å². The van der Waals surface area contributed by atoms with Crippen LogP contribution >= 0.6 is 7.92 Å². The van der Waals surface area contributed by atoms with Gasteiger partial charge in [-0.1, -0.05) is 68.1 Å². The van der Waals surface area contributed by atoms with Gasteiger partial charge in [0, 0.05) is 12.6 Å². The number of fused-ring (bicyclic) bond motifs is 3. The largest absolute Gasteiger partial charge is 0.243 e. The van der Waals surface area contributed by atoms with Gasteiger partial charge >= 0.3 is 0 Å². The summed E-state index contributed by atoms with van der Waals surface area (Å²) in [5, 5.41) is 4.07. The van der Waals surface area contributed by atoms with Crippen molar-refractivity contribution in [3.63, 3.8) is 0 Å². The van der Waals surface area contributed by atoms with Crippen LogP contribution in [-0.2, 0) is 10.0 Å². The molecule has 3 unspecified atom stereocenters. The van der Waals surface area contributed by atoms with Gasteiger partial charge in [-0.05, 0) is 53.4 Å². The second-order valence-corrected chi connectivity index (χ2v) is 12.0. The Balaban J connectivity index is 1.44. The normalized spacial score (nSPS) is 25.3. The number of sulfonamides is 1. The van der Waals surface area contributed by atoms with Gasteiger partial charge in [0.25, 0.3) is 0 Å². The van der Waals surface area contributed by atoms with Crippen LogP contribution in [0.5, 0.6) is 0 Å². The summed E-state index contributed by atoms with van der Waals surface area (Å²) in [6.07, 6.45) is 1.99. The molecule has 0 aromatic heterocycles. The van der Waals surface area contributed by atoms with E-state index in [-0.39, 0.29) is 14.0 Å². The Bertz CT molecular complexity index is 1110. The summed E-state index contributed by atoms with van der Waals surface area (Å²) in [4.78, 5) is 0.426. The second kappa shape index (κ2) is 6.41. The Morgan fingerprint density at radius 1 is 0.963 bits per heavy atom. The van der Waals surface area contributed by atoms with Crippen LogP contribution in [0, 0.1) is 6.92 Å². The highest BCUT2D eigenvalue weighted by atomic mass is 32.2. The number of rotatable bonds is 3. The average Bonchev–Trinajstić information content (AvgIpc) is 3.29. The summed E-state index contributed by atoms with van der Waals surface area (Å²) in [5.74, 6) is 0. The molecular formula is C22H22NO2PS. The maximum atomic E-state index is 13.1. The van der Waals surface area contributed by atoms with Crippen molar-refractivity contribution in [1.82, 2.24) is 4.31 Å². The SMILES string of the molecule is Cc1ccc(S(=O)(=O)N2CC3CC2CP3c2cccc3ccccc23)cc1. The number of hydrogen-bond acceptors (Lipinski definition) is 2. The monoisotopic (exact) mass is 395 g/mol. The zero-order valence-corrected chi connectivity index (χ0v) is 17.0. The van der Waals surface area contributed by atoms with Gasteiger partial charge in [-0.2, -0.15) is 4.31 Å². The lowest BCUT2D eigenvalue weighted by atomic mass is 10.1. The van der Waals surface area contributed by atoms with E-state index in [1.807, 2.05) is 19.1 Å². The lowest BCUT2D eigenvalue weighted by molar-refractivity contribution is 0.408. The van der Waals surface area contributed by atoms with Gasteiger partial charge in [-0.25, -0.2) is 8.42 Å². The van der Waals surface area contributed by atoms with Crippen LogP contribution in [-0.4, -0.2) is 37.1 Å². The molecule has 2 fully saturated rings. The van der Waals surface area contributed by atoms with Crippen LogP contribution in [0.1, 0.15) is 12.0 Å². The molecule has 3 atom stereocenters. The first-order valence-corrected chi connectivity index (χ1v) is 12.4. The predicted molar refractivity (Wildman–Crippen MR) is 113 cm³/mol. The Kier molecular flexibility index (Phi) is 4.12. The van der Waals surface area contributed by atoms with Crippen LogP contribution in [0.15, 0.2) is 71.6 Å². The van der Waals surface area contributed by atoms with Crippen molar-refractivity contribution in [2.24, 2.45) is 0 Å². The van der Waals surface area contributed by atoms with Gasteiger partial charge in [-0.3, -0.25) is 0 Å². The molecule has 0 N–H and O–H groups in total. The van der Waals surface area contributed by atoms with Crippen molar-refractivity contribution in [1.29, 1.82) is 0 Å². The topological polar surface area (TPSA) is 37.4 Å². The highest BCUT2D eigenvalue weighted by Gasteiger charge is 2.49. The van der Waals surface area contributed by atoms with Crippen molar-refractivity contribution >= 4 is 34.0 Å². The van der Waals surface area contributed by atoms with E-state index in [0.717, 1.165) is 18.1 Å². The zero-order chi connectivity index (χ0) is 18.6. The molecule has 2 heterocycles. The third kappa shape index (κ3) is 2.82. The van der Waals surface area contributed by atoms with Crippen molar-refractivity contribution in [3.8, 4) is 0 Å². The van der Waals surface area contributed by atoms with Gasteiger partial charge in [0.15, 0.2) is 0 Å². The van der Waals surface area contributed by atoms with Crippen molar-refractivity contribution in [2.75, 3.05) is 12.7 Å². The van der Waals surface area contributed by atoms with Crippen LogP contribution in [0.25, 0.3) is 10.8 Å². The quantitative estimate of drug-likeness (QED) is 0.626. The van der Waals surface area contributed by atoms with Crippen molar-refractivity contribution < 1.29 is 8.42 Å². The van der Waals surface area contributed by atoms with Crippen LogP contribution in [0.3, 0.4) is 0 Å². The lowest BCUT2D eigenvalue weighted by Gasteiger charge is -2.31. The molecule has 2 saturated heterocycles. The van der Waals surface area contributed by atoms with E-state index < -0.39 is 10.0 Å². The molecule has 5 heteroatoms. The Morgan fingerprint density at radius 2 is 1.70 bits per heavy atom. The highest BCUT2D eigenvalue weighted by molar-refractivity contribution is 7.89. The molecule has 2 bridgehead atoms. The summed E-state index contributed by atoms with van der Waals surface area (Å²) < 4.78 is 28.0. The van der Waals surface area contributed by atoms with E-state index >= 15 is 0 Å². The third-order valence-corrected chi connectivity index (χ3v) is 10.9. The van der Waals surface area contributed by atoms with Gasteiger partial charge in [0.2, 0.25) is 10.0 Å². The summed E-state index contributed by atoms with van der Waals surface area (Å²) in [6, 6.07) is 22.5. The van der Waals surface area contributed by atoms with E-state index in [2.05, 4.69) is 42.5 Å². The first kappa shape index (κ1) is 17.4. The molecule has 27 heavy (non-hydrogen) atoms. The lowest BCUT2D eigenvalue weighted by Crippen LogP contribution is -2.40. The van der Waals surface area contributed by atoms with Crippen LogP contribution in [0.2, 0.25) is 0 Å². The maximum Gasteiger partial charge on any atom is 0.243 e. The van der Waals surface area contributed by atoms with Crippen molar-refractivity contribution in [2.45, 2.75) is 29.9 Å². The molecule has 3 aromatic carbocycles. The average molecular weight is 395 g/mol. The smallest absolute Gasteiger partial charge is 0.207 e. The fourth-order valence-corrected chi connectivity index (χ4v) is 9.78. The fraction of sp³-hybridized carbons (Fsp3) is 0.273. The predicted octanol–water partition coefficient (Wildman–Crippen LogP) is 4.10. The first-order chi connectivity index (χ1) is 13.0. The van der Waals surface area contributed by atoms with Crippen LogP contribution < -0.4 is 5.30 Å². The van der Waals surface area contributed by atoms with Gasteiger partial charge in [0.1, 0.15) is 0 Å². The van der Waals surface area contributed by atoms with E-state index in [9.17, 15) is 8.42 Å². The molecule has 2 aliphatic heterocycles. The molecule has 0 spiro atoms. The van der Waals surface area contributed by atoms with E-state index in [1.165, 1.54) is 16.1 Å². The summed E-state index contributed by atoms with van der Waals surface area (Å²) in [5.41, 5.74) is 1.55. The van der Waals surface area contributed by atoms with Gasteiger partial charge < -0.3 is 0 Å². The molecule has 0 aliphatic carbocycles. The second-order valence-electron chi connectivity index (χ2n) is 7.58. The molecule has 3 aromatic rings. The highest BCUT2D eigenvalue weighted by Crippen LogP contribution is 2.56. The molecule has 0 saturated carbocycles. The standard InChI is InChI=1S/C22H22NO2PS/c1-16-9-11-20(12-10-16)27(24,25)23-14-19-13-18(23)15-26(19)22-8-4-6-17-5-2-3-7-21(17)22/h2-12,18-19H,13-15H2,1H3. The summed E-state index contributed by atoms with van der Waals surface area (Å²) in [6.45, 7) is 2.64. The Morgan fingerprint density at radius 3 is 2.44 bits per heavy atom. The number of benzene rings is 3. The maximum absolute atomic E-state index is 13.1. The molecule has 138 valence electrons. The van der Waals surface area contributed by atoms with E-state index in [4.69, 9.17) is 0 Å². The Hall–Kier alpha value is -1.74. The summed E-state index contributed by atoms with van der Waals surface area (Å²) in [7, 11) is -3.70. The molecule has 0 radical (unpaired) electrons. The molecule has 3 nitrogen and oxygen atoms in total. The molecule has 2 aliphatic rings. The number of nitrogens with zero attached hydrogens (tertiary/aromatic N) is 1. The third-order valence-electron chi connectivity index (χ3n) is 5.89. The Labute approximate surface area is 161 Å². The van der Waals surface area contributed by atoms with Crippen molar-refractivity contribution in [3.05, 3.63) is 72.3 Å². The number of hydrogen-bond donors (Lipinski definition) is 0. The fourth-order valence-electron chi connectivity index (χ4n) is 4.52. The number of aryl methyl sites for hydroxylation is 1.